The molecule has 1 aromatic heterocycles. The molecule has 0 atom stereocenters. The fourth-order valence-electron chi connectivity index (χ4n) is 2.55. The number of phenolic OH excluding ortho intramolecular Hbond substituents is 1. The molecule has 0 aliphatic carbocycles. The lowest BCUT2D eigenvalue weighted by Gasteiger charge is -2.17. The lowest BCUT2D eigenvalue weighted by Crippen LogP contribution is -2.24. The highest BCUT2D eigenvalue weighted by molar-refractivity contribution is 6.32. The number of carboxylic acid groups (broad SMARTS) is 2. The first kappa shape index (κ1) is 17.4. The quantitative estimate of drug-likeness (QED) is 0.565. The predicted molar refractivity (Wildman–Crippen MR) is 87.0 cm³/mol. The number of benzene rings is 1. The second kappa shape index (κ2) is 5.89. The van der Waals surface area contributed by atoms with E-state index in [1.165, 1.54) is 13.0 Å². The molecule has 1 heterocycles. The molecular weight excluding hydrogens is 340 g/mol. The van der Waals surface area contributed by atoms with Crippen LogP contribution in [-0.2, 0) is 0 Å². The number of H-pyrrole nitrogens is 1. The van der Waals surface area contributed by atoms with Crippen LogP contribution in [0.5, 0.6) is 5.75 Å². The van der Waals surface area contributed by atoms with Gasteiger partial charge in [0.2, 0.25) is 0 Å². The van der Waals surface area contributed by atoms with Crippen molar-refractivity contribution in [2.45, 2.75) is 13.8 Å². The van der Waals surface area contributed by atoms with Crippen molar-refractivity contribution in [3.05, 3.63) is 43.7 Å². The Bertz CT molecular complexity index is 948. The van der Waals surface area contributed by atoms with Crippen LogP contribution in [0.2, 0.25) is 5.02 Å². The third kappa shape index (κ3) is 2.56. The number of aromatic nitrogens is 1. The highest BCUT2D eigenvalue weighted by Crippen LogP contribution is 2.41. The standard InChI is InChI=1S/C15H13ClN2O6/c1-4-3-6(19)7(5(2)11(4)16)8-9(14(21)22)12(17)18-13(20)10(8)15(23)24/h3,19H,1-2H3,(H,21,22)(H,23,24)(H3,17,18,20). The first-order valence-corrected chi connectivity index (χ1v) is 6.97. The highest BCUT2D eigenvalue weighted by atomic mass is 35.5. The molecule has 2 aromatic rings. The zero-order chi connectivity index (χ0) is 18.3. The fourth-order valence-corrected chi connectivity index (χ4v) is 2.70. The molecule has 2 rings (SSSR count). The van der Waals surface area contributed by atoms with E-state index in [1.807, 2.05) is 4.98 Å². The number of rotatable bonds is 3. The van der Waals surface area contributed by atoms with E-state index < -0.39 is 45.8 Å². The summed E-state index contributed by atoms with van der Waals surface area (Å²) in [5.41, 5.74) is 3.05. The lowest BCUT2D eigenvalue weighted by atomic mass is 9.90. The van der Waals surface area contributed by atoms with Crippen LogP contribution in [0.15, 0.2) is 10.9 Å². The predicted octanol–water partition coefficient (Wildman–Crippen LogP) is 2.00. The first-order valence-electron chi connectivity index (χ1n) is 6.59. The van der Waals surface area contributed by atoms with Gasteiger partial charge in [0.15, 0.2) is 0 Å². The number of nitrogen functional groups attached to an aromatic ring is 1. The normalized spacial score (nSPS) is 10.6. The Morgan fingerprint density at radius 2 is 1.67 bits per heavy atom. The topological polar surface area (TPSA) is 154 Å². The number of hydrogen-bond donors (Lipinski definition) is 5. The van der Waals surface area contributed by atoms with Crippen LogP contribution in [-0.4, -0.2) is 32.2 Å². The Kier molecular flexibility index (Phi) is 4.26. The van der Waals surface area contributed by atoms with Crippen LogP contribution in [0, 0.1) is 13.8 Å². The van der Waals surface area contributed by atoms with Gasteiger partial charge in [-0.3, -0.25) is 4.79 Å². The summed E-state index contributed by atoms with van der Waals surface area (Å²) in [5, 5.41) is 29.2. The van der Waals surface area contributed by atoms with Gasteiger partial charge in [-0.25, -0.2) is 9.59 Å². The Hall–Kier alpha value is -3.00. The number of aromatic amines is 1. The van der Waals surface area contributed by atoms with Crippen LogP contribution in [0.25, 0.3) is 11.1 Å². The number of nitrogens with two attached hydrogens (primary N) is 1. The van der Waals surface area contributed by atoms with E-state index in [9.17, 15) is 29.7 Å². The molecule has 1 aromatic carbocycles. The molecule has 8 nitrogen and oxygen atoms in total. The van der Waals surface area contributed by atoms with E-state index in [4.69, 9.17) is 17.3 Å². The number of phenols is 1. The number of aryl methyl sites for hydroxylation is 1. The molecule has 0 amide bonds. The van der Waals surface area contributed by atoms with Crippen molar-refractivity contribution < 1.29 is 24.9 Å². The SMILES string of the molecule is Cc1cc(O)c(-c2c(C(=O)O)c(N)[nH]c(=O)c2C(=O)O)c(C)c1Cl. The molecule has 0 radical (unpaired) electrons. The number of pyridine rings is 1. The molecule has 0 aliphatic heterocycles. The summed E-state index contributed by atoms with van der Waals surface area (Å²) in [6, 6.07) is 1.25. The minimum absolute atomic E-state index is 0.168. The Morgan fingerprint density at radius 3 is 2.17 bits per heavy atom. The molecule has 24 heavy (non-hydrogen) atoms. The molecule has 126 valence electrons. The van der Waals surface area contributed by atoms with Gasteiger partial charge >= 0.3 is 11.9 Å². The monoisotopic (exact) mass is 352 g/mol. The van der Waals surface area contributed by atoms with Crippen molar-refractivity contribution in [2.24, 2.45) is 0 Å². The summed E-state index contributed by atoms with van der Waals surface area (Å²) >= 11 is 6.12. The Morgan fingerprint density at radius 1 is 1.12 bits per heavy atom. The fraction of sp³-hybridized carbons (Fsp3) is 0.133. The summed E-state index contributed by atoms with van der Waals surface area (Å²) in [4.78, 5) is 37.1. The van der Waals surface area contributed by atoms with Crippen molar-refractivity contribution >= 4 is 29.4 Å². The van der Waals surface area contributed by atoms with Gasteiger partial charge in [0.25, 0.3) is 5.56 Å². The van der Waals surface area contributed by atoms with Crippen LogP contribution in [0.3, 0.4) is 0 Å². The van der Waals surface area contributed by atoms with Crippen molar-refractivity contribution in [3.63, 3.8) is 0 Å². The van der Waals surface area contributed by atoms with Crippen LogP contribution < -0.4 is 11.3 Å². The molecule has 0 saturated heterocycles. The van der Waals surface area contributed by atoms with Crippen molar-refractivity contribution in [1.82, 2.24) is 4.98 Å². The van der Waals surface area contributed by atoms with Crippen LogP contribution in [0.1, 0.15) is 31.8 Å². The van der Waals surface area contributed by atoms with Gasteiger partial charge < -0.3 is 26.0 Å². The number of aromatic carboxylic acids is 2. The van der Waals surface area contributed by atoms with Crippen LogP contribution >= 0.6 is 11.6 Å². The van der Waals surface area contributed by atoms with Crippen molar-refractivity contribution in [1.29, 1.82) is 0 Å². The second-order valence-electron chi connectivity index (χ2n) is 5.13. The maximum Gasteiger partial charge on any atom is 0.342 e. The van der Waals surface area contributed by atoms with E-state index in [2.05, 4.69) is 0 Å². The number of nitrogens with one attached hydrogen (secondary N) is 1. The van der Waals surface area contributed by atoms with Gasteiger partial charge in [-0.2, -0.15) is 0 Å². The van der Waals surface area contributed by atoms with Crippen LogP contribution in [0.4, 0.5) is 5.82 Å². The first-order chi connectivity index (χ1) is 11.1. The largest absolute Gasteiger partial charge is 0.507 e. The third-order valence-corrected chi connectivity index (χ3v) is 4.16. The van der Waals surface area contributed by atoms with E-state index in [0.29, 0.717) is 5.56 Å². The lowest BCUT2D eigenvalue weighted by molar-refractivity contribution is 0.0695. The molecular formula is C15H13ClN2O6. The summed E-state index contributed by atoms with van der Waals surface area (Å²) in [6.07, 6.45) is 0. The van der Waals surface area contributed by atoms with Gasteiger partial charge in [-0.15, -0.1) is 0 Å². The third-order valence-electron chi connectivity index (χ3n) is 3.58. The maximum atomic E-state index is 12.0. The zero-order valence-corrected chi connectivity index (χ0v) is 13.4. The Labute approximate surface area is 140 Å². The molecule has 0 spiro atoms. The van der Waals surface area contributed by atoms with Gasteiger partial charge in [0.1, 0.15) is 22.7 Å². The van der Waals surface area contributed by atoms with Gasteiger partial charge in [-0.05, 0) is 31.0 Å². The zero-order valence-electron chi connectivity index (χ0n) is 12.6. The van der Waals surface area contributed by atoms with Gasteiger partial charge in [0.05, 0.1) is 0 Å². The molecule has 6 N–H and O–H groups in total. The van der Waals surface area contributed by atoms with E-state index >= 15 is 0 Å². The Balaban J connectivity index is 3.15. The summed E-state index contributed by atoms with van der Waals surface area (Å²) in [7, 11) is 0. The number of halogens is 1. The number of anilines is 1. The van der Waals surface area contributed by atoms with E-state index in [1.54, 1.807) is 6.92 Å². The summed E-state index contributed by atoms with van der Waals surface area (Å²) < 4.78 is 0. The highest BCUT2D eigenvalue weighted by Gasteiger charge is 2.29. The summed E-state index contributed by atoms with van der Waals surface area (Å²) in [6.45, 7) is 3.08. The minimum atomic E-state index is -1.66. The molecule has 0 unspecified atom stereocenters. The molecule has 0 saturated carbocycles. The molecule has 0 aliphatic rings. The maximum absolute atomic E-state index is 12.0. The average Bonchev–Trinajstić information content (AvgIpc) is 2.43. The number of carbonyl (C=O) groups is 2. The second-order valence-corrected chi connectivity index (χ2v) is 5.51. The van der Waals surface area contributed by atoms with Crippen molar-refractivity contribution in [2.75, 3.05) is 5.73 Å². The van der Waals surface area contributed by atoms with Gasteiger partial charge in [0, 0.05) is 16.1 Å². The van der Waals surface area contributed by atoms with Crippen molar-refractivity contribution in [3.8, 4) is 16.9 Å². The molecule has 0 fully saturated rings. The minimum Gasteiger partial charge on any atom is -0.507 e. The van der Waals surface area contributed by atoms with E-state index in [0.717, 1.165) is 0 Å². The number of hydrogen-bond acceptors (Lipinski definition) is 5. The number of aromatic hydroxyl groups is 1. The average molecular weight is 353 g/mol. The van der Waals surface area contributed by atoms with E-state index in [-0.39, 0.29) is 16.1 Å². The number of carboxylic acids is 2. The molecule has 9 heteroatoms. The summed E-state index contributed by atoms with van der Waals surface area (Å²) in [5.74, 6) is -4.16. The molecule has 0 bridgehead atoms. The smallest absolute Gasteiger partial charge is 0.342 e. The van der Waals surface area contributed by atoms with Gasteiger partial charge in [-0.1, -0.05) is 11.6 Å².